The molecule has 0 saturated carbocycles. The molecular formula is C11H13N3O2S. The maximum Gasteiger partial charge on any atom is 0.243 e. The highest BCUT2D eigenvalue weighted by Gasteiger charge is 2.19. The first-order valence-corrected chi connectivity index (χ1v) is 6.58. The van der Waals surface area contributed by atoms with E-state index in [0.29, 0.717) is 5.69 Å². The molecule has 0 aliphatic rings. The normalized spacial score (nSPS) is 11.6. The zero-order valence-electron chi connectivity index (χ0n) is 9.58. The molecule has 2 rings (SSSR count). The van der Waals surface area contributed by atoms with E-state index in [1.807, 2.05) is 30.3 Å². The lowest BCUT2D eigenvalue weighted by Gasteiger charge is -2.05. The van der Waals surface area contributed by atoms with Gasteiger partial charge < -0.3 is 0 Å². The van der Waals surface area contributed by atoms with Crippen LogP contribution < -0.4 is 4.72 Å². The topological polar surface area (TPSA) is 64.0 Å². The van der Waals surface area contributed by atoms with Crippen molar-refractivity contribution in [3.63, 3.8) is 0 Å². The monoisotopic (exact) mass is 251 g/mol. The van der Waals surface area contributed by atoms with Crippen molar-refractivity contribution in [1.29, 1.82) is 0 Å². The third-order valence-corrected chi connectivity index (χ3v) is 4.04. The van der Waals surface area contributed by atoms with Crippen molar-refractivity contribution >= 4 is 10.0 Å². The molecule has 1 aromatic heterocycles. The molecule has 0 aliphatic carbocycles. The van der Waals surface area contributed by atoms with E-state index < -0.39 is 10.0 Å². The highest BCUT2D eigenvalue weighted by Crippen LogP contribution is 2.17. The van der Waals surface area contributed by atoms with Crippen molar-refractivity contribution in [1.82, 2.24) is 14.5 Å². The average molecular weight is 251 g/mol. The second-order valence-corrected chi connectivity index (χ2v) is 5.40. The van der Waals surface area contributed by atoms with Gasteiger partial charge in [0.05, 0.1) is 17.6 Å². The van der Waals surface area contributed by atoms with Crippen molar-refractivity contribution in [2.45, 2.75) is 11.8 Å². The van der Waals surface area contributed by atoms with Crippen LogP contribution >= 0.6 is 0 Å². The maximum atomic E-state index is 11.7. The largest absolute Gasteiger partial charge is 0.243 e. The summed E-state index contributed by atoms with van der Waals surface area (Å²) in [5.41, 5.74) is 1.42. The van der Waals surface area contributed by atoms with Crippen LogP contribution in [0.15, 0.2) is 41.4 Å². The first-order chi connectivity index (χ1) is 8.06. The molecule has 0 aliphatic heterocycles. The van der Waals surface area contributed by atoms with Crippen molar-refractivity contribution in [3.05, 3.63) is 42.2 Å². The Hall–Kier alpha value is -1.66. The van der Waals surface area contributed by atoms with Crippen molar-refractivity contribution < 1.29 is 8.42 Å². The van der Waals surface area contributed by atoms with E-state index in [1.54, 1.807) is 11.6 Å². The number of nitrogens with zero attached hydrogens (tertiary/aromatic N) is 2. The van der Waals surface area contributed by atoms with Crippen molar-refractivity contribution in [2.24, 2.45) is 0 Å². The summed E-state index contributed by atoms with van der Waals surface area (Å²) in [6, 6.07) is 9.39. The molecule has 90 valence electrons. The summed E-state index contributed by atoms with van der Waals surface area (Å²) in [5, 5.41) is 4.10. The molecule has 1 aromatic carbocycles. The molecule has 0 radical (unpaired) electrons. The fraction of sp³-hybridized carbons (Fsp3) is 0.182. The highest BCUT2D eigenvalue weighted by molar-refractivity contribution is 7.89. The van der Waals surface area contributed by atoms with Gasteiger partial charge in [-0.05, 0) is 26.1 Å². The molecule has 0 saturated heterocycles. The fourth-order valence-electron chi connectivity index (χ4n) is 1.60. The van der Waals surface area contributed by atoms with Crippen LogP contribution in [0.4, 0.5) is 0 Å². The van der Waals surface area contributed by atoms with Gasteiger partial charge in [-0.1, -0.05) is 18.2 Å². The van der Waals surface area contributed by atoms with Gasteiger partial charge in [0.25, 0.3) is 0 Å². The Bertz CT molecular complexity index is 617. The van der Waals surface area contributed by atoms with Gasteiger partial charge in [0.15, 0.2) is 0 Å². The second kappa shape index (κ2) is 4.31. The second-order valence-electron chi connectivity index (χ2n) is 3.55. The molecule has 0 amide bonds. The number of sulfonamides is 1. The Morgan fingerprint density at radius 1 is 1.24 bits per heavy atom. The summed E-state index contributed by atoms with van der Waals surface area (Å²) in [5.74, 6) is 0. The van der Waals surface area contributed by atoms with Gasteiger partial charge in [-0.2, -0.15) is 5.10 Å². The van der Waals surface area contributed by atoms with Crippen LogP contribution in [0.25, 0.3) is 5.69 Å². The molecule has 0 unspecified atom stereocenters. The Morgan fingerprint density at radius 3 is 2.47 bits per heavy atom. The van der Waals surface area contributed by atoms with Crippen molar-refractivity contribution in [3.8, 4) is 5.69 Å². The lowest BCUT2D eigenvalue weighted by molar-refractivity contribution is 0.587. The van der Waals surface area contributed by atoms with Crippen LogP contribution in [0, 0.1) is 6.92 Å². The minimum Gasteiger partial charge on any atom is -0.237 e. The standard InChI is InChI=1S/C11H13N3O2S/c1-9-11(17(15,16)12-2)8-13-14(9)10-6-4-3-5-7-10/h3-8,12H,1-2H3. The Morgan fingerprint density at radius 2 is 1.88 bits per heavy atom. The van der Waals surface area contributed by atoms with E-state index in [9.17, 15) is 8.42 Å². The average Bonchev–Trinajstić information content (AvgIpc) is 2.73. The fourth-order valence-corrected chi connectivity index (χ4v) is 2.48. The smallest absolute Gasteiger partial charge is 0.237 e. The summed E-state index contributed by atoms with van der Waals surface area (Å²) in [6.07, 6.45) is 1.36. The minimum absolute atomic E-state index is 0.198. The summed E-state index contributed by atoms with van der Waals surface area (Å²) < 4.78 is 27.3. The molecule has 17 heavy (non-hydrogen) atoms. The number of hydrogen-bond donors (Lipinski definition) is 1. The summed E-state index contributed by atoms with van der Waals surface area (Å²) >= 11 is 0. The van der Waals surface area contributed by atoms with Crippen LogP contribution in [-0.4, -0.2) is 25.2 Å². The number of hydrogen-bond acceptors (Lipinski definition) is 3. The highest BCUT2D eigenvalue weighted by atomic mass is 32.2. The number of rotatable bonds is 3. The zero-order valence-corrected chi connectivity index (χ0v) is 10.4. The van der Waals surface area contributed by atoms with Gasteiger partial charge in [0, 0.05) is 0 Å². The first kappa shape index (κ1) is 11.8. The summed E-state index contributed by atoms with van der Waals surface area (Å²) in [7, 11) is -2.07. The molecule has 0 bridgehead atoms. The van der Waals surface area contributed by atoms with Gasteiger partial charge >= 0.3 is 0 Å². The Kier molecular flexibility index (Phi) is 2.99. The molecule has 0 fully saturated rings. The third kappa shape index (κ3) is 2.09. The molecule has 6 heteroatoms. The molecule has 1 N–H and O–H groups in total. The lowest BCUT2D eigenvalue weighted by Crippen LogP contribution is -2.19. The van der Waals surface area contributed by atoms with E-state index in [2.05, 4.69) is 9.82 Å². The SMILES string of the molecule is CNS(=O)(=O)c1cnn(-c2ccccc2)c1C. The van der Waals surface area contributed by atoms with E-state index >= 15 is 0 Å². The third-order valence-electron chi connectivity index (χ3n) is 2.52. The maximum absolute atomic E-state index is 11.7. The first-order valence-electron chi connectivity index (χ1n) is 5.10. The molecule has 0 spiro atoms. The van der Waals surface area contributed by atoms with Gasteiger partial charge in [0.2, 0.25) is 10.0 Å². The molecular weight excluding hydrogens is 238 g/mol. The number of nitrogens with one attached hydrogen (secondary N) is 1. The van der Waals surface area contributed by atoms with Gasteiger partial charge in [0.1, 0.15) is 4.90 Å². The summed E-state index contributed by atoms with van der Waals surface area (Å²) in [6.45, 7) is 1.73. The summed E-state index contributed by atoms with van der Waals surface area (Å²) in [4.78, 5) is 0.198. The lowest BCUT2D eigenvalue weighted by atomic mass is 10.3. The van der Waals surface area contributed by atoms with E-state index in [1.165, 1.54) is 13.2 Å². The predicted molar refractivity (Wildman–Crippen MR) is 64.5 cm³/mol. The van der Waals surface area contributed by atoms with Crippen LogP contribution in [0.3, 0.4) is 0 Å². The van der Waals surface area contributed by atoms with E-state index in [-0.39, 0.29) is 4.90 Å². The van der Waals surface area contributed by atoms with Gasteiger partial charge in [-0.25, -0.2) is 17.8 Å². The minimum atomic E-state index is -3.45. The predicted octanol–water partition coefficient (Wildman–Crippen LogP) is 1.09. The van der Waals surface area contributed by atoms with Crippen molar-refractivity contribution in [2.75, 3.05) is 7.05 Å². The van der Waals surface area contributed by atoms with Crippen LogP contribution in [-0.2, 0) is 10.0 Å². The molecule has 1 heterocycles. The quantitative estimate of drug-likeness (QED) is 0.888. The Balaban J connectivity index is 2.55. The Labute approximate surface area is 100 Å². The van der Waals surface area contributed by atoms with Crippen LogP contribution in [0.2, 0.25) is 0 Å². The van der Waals surface area contributed by atoms with Gasteiger partial charge in [-0.3, -0.25) is 0 Å². The number of benzene rings is 1. The van der Waals surface area contributed by atoms with Crippen LogP contribution in [0.5, 0.6) is 0 Å². The molecule has 5 nitrogen and oxygen atoms in total. The number of aromatic nitrogens is 2. The molecule has 0 atom stereocenters. The van der Waals surface area contributed by atoms with Crippen LogP contribution in [0.1, 0.15) is 5.69 Å². The van der Waals surface area contributed by atoms with E-state index in [4.69, 9.17) is 0 Å². The van der Waals surface area contributed by atoms with E-state index in [0.717, 1.165) is 5.69 Å². The number of para-hydroxylation sites is 1. The molecule has 2 aromatic rings. The van der Waals surface area contributed by atoms with Gasteiger partial charge in [-0.15, -0.1) is 0 Å². The zero-order chi connectivity index (χ0) is 12.5.